The van der Waals surface area contributed by atoms with Gasteiger partial charge in [-0.15, -0.1) is 0 Å². The van der Waals surface area contributed by atoms with Gasteiger partial charge in [0.15, 0.2) is 6.29 Å². The van der Waals surface area contributed by atoms with Crippen LogP contribution in [0.15, 0.2) is 0 Å². The first-order valence-corrected chi connectivity index (χ1v) is 19.2. The van der Waals surface area contributed by atoms with Crippen molar-refractivity contribution in [2.45, 2.75) is 162 Å². The van der Waals surface area contributed by atoms with Crippen LogP contribution < -0.4 is 0 Å². The summed E-state index contributed by atoms with van der Waals surface area (Å²) >= 11 is 0. The Kier molecular flexibility index (Phi) is 7.34. The molecular formula is C39H63NO6. The number of aliphatic hydroxyl groups is 2. The summed E-state index contributed by atoms with van der Waals surface area (Å²) in [6.45, 7) is 17.9. The molecule has 2 spiro atoms. The molecule has 0 bridgehead atoms. The zero-order chi connectivity index (χ0) is 32.7. The Balaban J connectivity index is 0.992. The Bertz CT molecular complexity index is 1230. The highest BCUT2D eigenvalue weighted by atomic mass is 16.7. The van der Waals surface area contributed by atoms with Crippen molar-refractivity contribution in [3.63, 3.8) is 0 Å². The van der Waals surface area contributed by atoms with E-state index < -0.39 is 11.7 Å². The van der Waals surface area contributed by atoms with Crippen LogP contribution in [0.1, 0.15) is 126 Å². The molecule has 7 nitrogen and oxygen atoms in total. The van der Waals surface area contributed by atoms with Gasteiger partial charge in [0, 0.05) is 12.5 Å². The second-order valence-corrected chi connectivity index (χ2v) is 19.5. The van der Waals surface area contributed by atoms with E-state index in [0.717, 1.165) is 38.0 Å². The summed E-state index contributed by atoms with van der Waals surface area (Å²) in [4.78, 5) is 15.0. The molecule has 7 heteroatoms. The molecule has 13 atom stereocenters. The number of rotatable bonds is 5. The van der Waals surface area contributed by atoms with Crippen LogP contribution in [0.3, 0.4) is 0 Å². The Labute approximate surface area is 277 Å². The molecule has 0 aromatic heterocycles. The molecule has 6 aliphatic carbocycles. The van der Waals surface area contributed by atoms with E-state index in [1.807, 2.05) is 4.90 Å². The average Bonchev–Trinajstić information content (AvgIpc) is 3.56. The van der Waals surface area contributed by atoms with Crippen LogP contribution in [0.5, 0.6) is 0 Å². The Morgan fingerprint density at radius 2 is 1.70 bits per heavy atom. The number of hydrogen-bond acceptors (Lipinski definition) is 6. The van der Waals surface area contributed by atoms with Crippen molar-refractivity contribution in [3.8, 4) is 0 Å². The number of nitrogens with zero attached hydrogens (tertiary/aromatic N) is 1. The summed E-state index contributed by atoms with van der Waals surface area (Å²) in [5.74, 6) is 2.90. The Morgan fingerprint density at radius 1 is 0.978 bits per heavy atom. The number of amides is 1. The van der Waals surface area contributed by atoms with Gasteiger partial charge in [0.1, 0.15) is 6.10 Å². The van der Waals surface area contributed by atoms with Crippen LogP contribution in [-0.4, -0.2) is 77.0 Å². The molecule has 46 heavy (non-hydrogen) atoms. The molecule has 0 radical (unpaired) electrons. The van der Waals surface area contributed by atoms with E-state index in [0.29, 0.717) is 54.2 Å². The third-order valence-corrected chi connectivity index (χ3v) is 16.8. The lowest BCUT2D eigenvalue weighted by Gasteiger charge is -2.63. The average molecular weight is 642 g/mol. The second kappa shape index (κ2) is 10.4. The molecule has 2 N–H and O–H groups in total. The van der Waals surface area contributed by atoms with Crippen molar-refractivity contribution in [2.24, 2.45) is 56.7 Å². The number of carbonyl (C=O) groups is 1. The van der Waals surface area contributed by atoms with Crippen LogP contribution in [0.25, 0.3) is 0 Å². The largest absolute Gasteiger partial charge is 0.388 e. The van der Waals surface area contributed by atoms with Gasteiger partial charge >= 0.3 is 0 Å². The van der Waals surface area contributed by atoms with Gasteiger partial charge in [-0.3, -0.25) is 4.79 Å². The summed E-state index contributed by atoms with van der Waals surface area (Å²) < 4.78 is 19.8. The van der Waals surface area contributed by atoms with Crippen LogP contribution in [0.2, 0.25) is 0 Å². The fourth-order valence-corrected chi connectivity index (χ4v) is 14.2. The molecule has 0 aromatic carbocycles. The van der Waals surface area contributed by atoms with Gasteiger partial charge < -0.3 is 29.3 Å². The molecule has 8 aliphatic rings. The number of ether oxygens (including phenoxy) is 3. The van der Waals surface area contributed by atoms with Gasteiger partial charge in [0.05, 0.1) is 37.1 Å². The number of aliphatic hydroxyl groups excluding tert-OH is 1. The van der Waals surface area contributed by atoms with Gasteiger partial charge in [0.2, 0.25) is 5.91 Å². The summed E-state index contributed by atoms with van der Waals surface area (Å²) in [7, 11) is 0. The number of hydrogen-bond donors (Lipinski definition) is 2. The minimum absolute atomic E-state index is 0.0692. The lowest BCUT2D eigenvalue weighted by molar-refractivity contribution is -0.247. The minimum atomic E-state index is -1.16. The predicted molar refractivity (Wildman–Crippen MR) is 176 cm³/mol. The van der Waals surface area contributed by atoms with E-state index in [9.17, 15) is 15.0 Å². The number of morpholine rings is 1. The molecule has 260 valence electrons. The highest BCUT2D eigenvalue weighted by molar-refractivity contribution is 5.79. The highest BCUT2D eigenvalue weighted by Gasteiger charge is 2.83. The topological polar surface area (TPSA) is 88.5 Å². The molecule has 2 heterocycles. The zero-order valence-corrected chi connectivity index (χ0v) is 29.9. The smallest absolute Gasteiger partial charge is 0.225 e. The summed E-state index contributed by atoms with van der Waals surface area (Å²) in [5.41, 5.74) is 0.225. The normalized spacial score (nSPS) is 51.9. The Morgan fingerprint density at radius 3 is 2.39 bits per heavy atom. The van der Waals surface area contributed by atoms with Crippen LogP contribution >= 0.6 is 0 Å². The van der Waals surface area contributed by atoms with Crippen LogP contribution in [0, 0.1) is 56.7 Å². The lowest BCUT2D eigenvalue weighted by Crippen LogP contribution is -2.59. The number of fused-ring (bicyclic) bond motifs is 4. The van der Waals surface area contributed by atoms with E-state index in [1.165, 1.54) is 44.9 Å². The molecule has 5 unspecified atom stereocenters. The third-order valence-electron chi connectivity index (χ3n) is 16.8. The molecule has 8 rings (SSSR count). The molecule has 0 aromatic rings. The first-order chi connectivity index (χ1) is 21.6. The van der Waals surface area contributed by atoms with Crippen molar-refractivity contribution in [2.75, 3.05) is 19.7 Å². The summed E-state index contributed by atoms with van der Waals surface area (Å²) in [5, 5.41) is 21.7. The first-order valence-electron chi connectivity index (χ1n) is 19.2. The highest BCUT2D eigenvalue weighted by Crippen LogP contribution is 2.89. The van der Waals surface area contributed by atoms with E-state index in [1.54, 1.807) is 13.8 Å². The van der Waals surface area contributed by atoms with E-state index in [-0.39, 0.29) is 46.8 Å². The molecule has 1 amide bonds. The monoisotopic (exact) mass is 641 g/mol. The minimum Gasteiger partial charge on any atom is -0.388 e. The van der Waals surface area contributed by atoms with Crippen molar-refractivity contribution < 1.29 is 29.2 Å². The van der Waals surface area contributed by atoms with Crippen molar-refractivity contribution in [1.29, 1.82) is 0 Å². The fraction of sp³-hybridized carbons (Fsp3) is 0.974. The van der Waals surface area contributed by atoms with Crippen molar-refractivity contribution >= 4 is 5.91 Å². The zero-order valence-electron chi connectivity index (χ0n) is 29.9. The maximum Gasteiger partial charge on any atom is 0.225 e. The second-order valence-electron chi connectivity index (χ2n) is 19.5. The third kappa shape index (κ3) is 4.29. The first kappa shape index (κ1) is 32.5. The molecule has 2 saturated heterocycles. The van der Waals surface area contributed by atoms with Gasteiger partial charge in [-0.05, 0) is 135 Å². The molecular weight excluding hydrogens is 578 g/mol. The standard InChI is InChI=1S/C39H63NO6/c1-23-19-25(32(41)35(4,5)43)45-26-20-37(7)28-12-11-27-34(2,3)29(46-30-21-40(17-18-44-30)33(42)24-9-8-10-24)13-14-38(27)22-39(28,38)16-15-36(37,6)31(23)26/h23-32,41,43H,8-22H2,1-7H3/t23-,25?,26?,27?,28+,29+,30?,31?,32+,36-,37+,38-,39+/m1/s1. The van der Waals surface area contributed by atoms with E-state index in [4.69, 9.17) is 14.2 Å². The fourth-order valence-electron chi connectivity index (χ4n) is 14.2. The number of carbonyl (C=O) groups excluding carboxylic acids is 1. The van der Waals surface area contributed by atoms with Crippen LogP contribution in [0.4, 0.5) is 0 Å². The summed E-state index contributed by atoms with van der Waals surface area (Å²) in [6.07, 6.45) is 13.0. The molecule has 6 saturated carbocycles. The molecule has 8 fully saturated rings. The van der Waals surface area contributed by atoms with Gasteiger partial charge in [0.25, 0.3) is 0 Å². The molecule has 2 aliphatic heterocycles. The SMILES string of the molecule is C[C@@H]1CC([C@H](O)C(C)(C)O)OC2C[C@@]3(C)[C@@H]4CCC5C(C)(C)[C@@H](OC6CN(C(=O)C7CCC7)CCO6)CC[C@@]56C[C@@]46CC[C@]3(C)C21. The van der Waals surface area contributed by atoms with Crippen LogP contribution in [-0.2, 0) is 19.0 Å². The van der Waals surface area contributed by atoms with E-state index in [2.05, 4.69) is 34.6 Å². The lowest BCUT2D eigenvalue weighted by atomic mass is 9.41. The van der Waals surface area contributed by atoms with Gasteiger partial charge in [-0.1, -0.05) is 41.0 Å². The maximum atomic E-state index is 13.0. The van der Waals surface area contributed by atoms with Gasteiger partial charge in [-0.25, -0.2) is 0 Å². The predicted octanol–water partition coefficient (Wildman–Crippen LogP) is 6.33. The van der Waals surface area contributed by atoms with Crippen molar-refractivity contribution in [1.82, 2.24) is 4.90 Å². The quantitative estimate of drug-likeness (QED) is 0.365. The summed E-state index contributed by atoms with van der Waals surface area (Å²) in [6, 6.07) is 0. The van der Waals surface area contributed by atoms with Crippen molar-refractivity contribution in [3.05, 3.63) is 0 Å². The van der Waals surface area contributed by atoms with Gasteiger partial charge in [-0.2, -0.15) is 0 Å². The van der Waals surface area contributed by atoms with E-state index >= 15 is 0 Å². The maximum absolute atomic E-state index is 13.0. The Hall–Kier alpha value is -0.730.